The van der Waals surface area contributed by atoms with Gasteiger partial charge in [0.15, 0.2) is 0 Å². The number of hydrogen-bond acceptors (Lipinski definition) is 2. The maximum absolute atomic E-state index is 10.1. The summed E-state index contributed by atoms with van der Waals surface area (Å²) in [4.78, 5) is 0. The fourth-order valence-corrected chi connectivity index (χ4v) is 2.12. The standard InChI is InChI=1S/C17H21NO/c1-14(18-13-15-8-4-2-5-9-15)12-17(19)16-10-6-3-7-11-16/h2-11,14,17-19H,12-13H2,1H3/t14-,17+/m0/s1. The monoisotopic (exact) mass is 255 g/mol. The van der Waals surface area contributed by atoms with E-state index in [1.165, 1.54) is 5.56 Å². The van der Waals surface area contributed by atoms with Gasteiger partial charge in [-0.15, -0.1) is 0 Å². The molecule has 2 heteroatoms. The van der Waals surface area contributed by atoms with Crippen LogP contribution in [0.1, 0.15) is 30.6 Å². The predicted molar refractivity (Wildman–Crippen MR) is 78.8 cm³/mol. The van der Waals surface area contributed by atoms with Crippen LogP contribution < -0.4 is 5.32 Å². The average molecular weight is 255 g/mol. The molecule has 0 bridgehead atoms. The molecule has 0 unspecified atom stereocenters. The lowest BCUT2D eigenvalue weighted by molar-refractivity contribution is 0.154. The second-order valence-corrected chi connectivity index (χ2v) is 4.93. The van der Waals surface area contributed by atoms with Gasteiger partial charge in [0.05, 0.1) is 6.10 Å². The molecule has 2 nitrogen and oxygen atoms in total. The highest BCUT2D eigenvalue weighted by Crippen LogP contribution is 2.17. The van der Waals surface area contributed by atoms with Crippen LogP contribution in [-0.4, -0.2) is 11.1 Å². The van der Waals surface area contributed by atoms with E-state index in [0.29, 0.717) is 0 Å². The molecule has 19 heavy (non-hydrogen) atoms. The van der Waals surface area contributed by atoms with E-state index in [2.05, 4.69) is 24.4 Å². The third-order valence-electron chi connectivity index (χ3n) is 3.26. The Morgan fingerprint density at radius 2 is 1.53 bits per heavy atom. The number of rotatable bonds is 6. The van der Waals surface area contributed by atoms with Crippen LogP contribution in [0.2, 0.25) is 0 Å². The molecule has 0 aromatic heterocycles. The highest BCUT2D eigenvalue weighted by atomic mass is 16.3. The molecule has 0 fully saturated rings. The molecule has 0 amide bonds. The molecular weight excluding hydrogens is 234 g/mol. The van der Waals surface area contributed by atoms with Gasteiger partial charge >= 0.3 is 0 Å². The van der Waals surface area contributed by atoms with Crippen molar-refractivity contribution in [2.24, 2.45) is 0 Å². The third-order valence-corrected chi connectivity index (χ3v) is 3.26. The Labute approximate surface area is 115 Å². The molecule has 0 aliphatic rings. The summed E-state index contributed by atoms with van der Waals surface area (Å²) in [5.41, 5.74) is 2.25. The number of aliphatic hydroxyl groups is 1. The lowest BCUT2D eigenvalue weighted by atomic mass is 10.0. The minimum Gasteiger partial charge on any atom is -0.388 e. The van der Waals surface area contributed by atoms with Gasteiger partial charge in [0, 0.05) is 12.6 Å². The van der Waals surface area contributed by atoms with E-state index in [0.717, 1.165) is 18.5 Å². The molecule has 2 aromatic carbocycles. The maximum atomic E-state index is 10.1. The molecule has 2 atom stereocenters. The zero-order valence-electron chi connectivity index (χ0n) is 11.3. The van der Waals surface area contributed by atoms with Crippen molar-refractivity contribution in [3.63, 3.8) is 0 Å². The Hall–Kier alpha value is -1.64. The summed E-state index contributed by atoms with van der Waals surface area (Å²) >= 11 is 0. The van der Waals surface area contributed by atoms with Gasteiger partial charge in [-0.2, -0.15) is 0 Å². The van der Waals surface area contributed by atoms with Crippen molar-refractivity contribution >= 4 is 0 Å². The van der Waals surface area contributed by atoms with Crippen LogP contribution in [0, 0.1) is 0 Å². The first-order valence-electron chi connectivity index (χ1n) is 6.76. The molecule has 0 radical (unpaired) electrons. The second kappa shape index (κ2) is 7.07. The molecule has 0 aliphatic carbocycles. The van der Waals surface area contributed by atoms with E-state index in [9.17, 15) is 5.11 Å². The highest BCUT2D eigenvalue weighted by molar-refractivity contribution is 5.17. The van der Waals surface area contributed by atoms with E-state index in [4.69, 9.17) is 0 Å². The van der Waals surface area contributed by atoms with E-state index in [1.807, 2.05) is 48.5 Å². The quantitative estimate of drug-likeness (QED) is 0.830. The average Bonchev–Trinajstić information content (AvgIpc) is 2.47. The van der Waals surface area contributed by atoms with Crippen molar-refractivity contribution in [3.8, 4) is 0 Å². The van der Waals surface area contributed by atoms with Crippen molar-refractivity contribution in [2.75, 3.05) is 0 Å². The van der Waals surface area contributed by atoms with Gasteiger partial charge in [0.2, 0.25) is 0 Å². The largest absolute Gasteiger partial charge is 0.388 e. The predicted octanol–water partition coefficient (Wildman–Crippen LogP) is 3.29. The molecule has 0 heterocycles. The summed E-state index contributed by atoms with van der Waals surface area (Å²) in [6.45, 7) is 2.94. The molecule has 0 saturated heterocycles. The minimum atomic E-state index is -0.403. The molecule has 2 aromatic rings. The fourth-order valence-electron chi connectivity index (χ4n) is 2.12. The van der Waals surface area contributed by atoms with Gasteiger partial charge in [0.1, 0.15) is 0 Å². The topological polar surface area (TPSA) is 32.3 Å². The lowest BCUT2D eigenvalue weighted by Crippen LogP contribution is -2.27. The van der Waals surface area contributed by atoms with Crippen LogP contribution in [0.3, 0.4) is 0 Å². The maximum Gasteiger partial charge on any atom is 0.0804 e. The Kier molecular flexibility index (Phi) is 5.13. The second-order valence-electron chi connectivity index (χ2n) is 4.93. The Morgan fingerprint density at radius 3 is 2.16 bits per heavy atom. The van der Waals surface area contributed by atoms with E-state index in [-0.39, 0.29) is 6.04 Å². The molecule has 2 rings (SSSR count). The molecule has 2 N–H and O–H groups in total. The van der Waals surface area contributed by atoms with Gasteiger partial charge in [-0.05, 0) is 24.5 Å². The fraction of sp³-hybridized carbons (Fsp3) is 0.294. The summed E-state index contributed by atoms with van der Waals surface area (Å²) in [5.74, 6) is 0. The SMILES string of the molecule is C[C@@H](C[C@@H](O)c1ccccc1)NCc1ccccc1. The zero-order valence-corrected chi connectivity index (χ0v) is 11.3. The van der Waals surface area contributed by atoms with Crippen LogP contribution in [0.5, 0.6) is 0 Å². The van der Waals surface area contributed by atoms with Gasteiger partial charge in [-0.25, -0.2) is 0 Å². The van der Waals surface area contributed by atoms with Crippen molar-refractivity contribution in [3.05, 3.63) is 71.8 Å². The molecule has 100 valence electrons. The molecular formula is C17H21NO. The van der Waals surface area contributed by atoms with E-state index >= 15 is 0 Å². The Morgan fingerprint density at radius 1 is 0.947 bits per heavy atom. The first kappa shape index (κ1) is 13.8. The van der Waals surface area contributed by atoms with Gasteiger partial charge in [-0.1, -0.05) is 60.7 Å². The zero-order chi connectivity index (χ0) is 13.5. The van der Waals surface area contributed by atoms with E-state index < -0.39 is 6.10 Å². The van der Waals surface area contributed by atoms with Crippen molar-refractivity contribution in [2.45, 2.75) is 32.0 Å². The van der Waals surface area contributed by atoms with Crippen LogP contribution in [0.4, 0.5) is 0 Å². The Balaban J connectivity index is 1.80. The van der Waals surface area contributed by atoms with Crippen molar-refractivity contribution < 1.29 is 5.11 Å². The normalized spacial score (nSPS) is 14.0. The smallest absolute Gasteiger partial charge is 0.0804 e. The first-order valence-corrected chi connectivity index (χ1v) is 6.76. The van der Waals surface area contributed by atoms with Crippen LogP contribution in [-0.2, 0) is 6.54 Å². The van der Waals surface area contributed by atoms with Crippen LogP contribution in [0.15, 0.2) is 60.7 Å². The summed E-state index contributed by atoms with van der Waals surface area (Å²) < 4.78 is 0. The molecule has 0 saturated carbocycles. The van der Waals surface area contributed by atoms with E-state index in [1.54, 1.807) is 0 Å². The number of nitrogens with one attached hydrogen (secondary N) is 1. The van der Waals surface area contributed by atoms with Gasteiger partial charge in [0.25, 0.3) is 0 Å². The van der Waals surface area contributed by atoms with Crippen LogP contribution in [0.25, 0.3) is 0 Å². The van der Waals surface area contributed by atoms with Gasteiger partial charge < -0.3 is 10.4 Å². The summed E-state index contributed by atoms with van der Waals surface area (Å²) in [6, 6.07) is 20.4. The Bertz CT molecular complexity index is 469. The third kappa shape index (κ3) is 4.51. The number of hydrogen-bond donors (Lipinski definition) is 2. The minimum absolute atomic E-state index is 0.274. The van der Waals surface area contributed by atoms with Crippen molar-refractivity contribution in [1.29, 1.82) is 0 Å². The van der Waals surface area contributed by atoms with Crippen molar-refractivity contribution in [1.82, 2.24) is 5.32 Å². The highest BCUT2D eigenvalue weighted by Gasteiger charge is 2.11. The van der Waals surface area contributed by atoms with Gasteiger partial charge in [-0.3, -0.25) is 0 Å². The summed E-state index contributed by atoms with van der Waals surface area (Å²) in [5, 5.41) is 13.6. The number of benzene rings is 2. The lowest BCUT2D eigenvalue weighted by Gasteiger charge is -2.18. The molecule has 0 spiro atoms. The summed E-state index contributed by atoms with van der Waals surface area (Å²) in [7, 11) is 0. The van der Waals surface area contributed by atoms with Crippen LogP contribution >= 0.6 is 0 Å². The first-order chi connectivity index (χ1) is 9.25. The number of aliphatic hydroxyl groups excluding tert-OH is 1. The molecule has 0 aliphatic heterocycles. The summed E-state index contributed by atoms with van der Waals surface area (Å²) in [6.07, 6.45) is 0.316.